The number of nitrogens with one attached hydrogen (secondary N) is 1. The number of fused-ring (bicyclic) bond motifs is 1. The van der Waals surface area contributed by atoms with E-state index >= 15 is 0 Å². The second-order valence-corrected chi connectivity index (χ2v) is 6.75. The third-order valence-electron chi connectivity index (χ3n) is 3.83. The molecule has 1 N–H and O–H groups in total. The van der Waals surface area contributed by atoms with E-state index in [-0.39, 0.29) is 17.2 Å². The molecule has 1 unspecified atom stereocenters. The number of aromatic nitrogens is 2. The molecule has 0 fully saturated rings. The van der Waals surface area contributed by atoms with Crippen LogP contribution >= 0.6 is 11.3 Å². The molecule has 0 saturated heterocycles. The minimum absolute atomic E-state index is 0.0206. The number of hydrogen-bond acceptors (Lipinski definition) is 5. The first kappa shape index (κ1) is 17.3. The lowest BCUT2D eigenvalue weighted by atomic mass is 10.1. The Morgan fingerprint density at radius 3 is 2.76 bits per heavy atom. The molecule has 130 valence electrons. The largest absolute Gasteiger partial charge is 0.383 e. The lowest BCUT2D eigenvalue weighted by molar-refractivity contribution is 0.0903. The number of methoxy groups -OCH3 is 1. The van der Waals surface area contributed by atoms with Gasteiger partial charge in [-0.3, -0.25) is 14.0 Å². The zero-order chi connectivity index (χ0) is 18.0. The van der Waals surface area contributed by atoms with Gasteiger partial charge in [-0.15, -0.1) is 11.3 Å². The van der Waals surface area contributed by atoms with Crippen LogP contribution in [0, 0.1) is 6.92 Å². The first-order valence-electron chi connectivity index (χ1n) is 7.87. The fourth-order valence-corrected chi connectivity index (χ4v) is 3.43. The third kappa shape index (κ3) is 3.47. The van der Waals surface area contributed by atoms with Crippen LogP contribution in [0.25, 0.3) is 16.2 Å². The molecule has 0 saturated carbocycles. The van der Waals surface area contributed by atoms with Gasteiger partial charge in [0, 0.05) is 24.7 Å². The molecule has 1 atom stereocenters. The Balaban J connectivity index is 2.04. The highest BCUT2D eigenvalue weighted by molar-refractivity contribution is 7.15. The summed E-state index contributed by atoms with van der Waals surface area (Å²) in [7, 11) is 1.56. The molecule has 3 aromatic rings. The van der Waals surface area contributed by atoms with E-state index in [1.165, 1.54) is 21.9 Å². The maximum atomic E-state index is 12.9. The van der Waals surface area contributed by atoms with Crippen molar-refractivity contribution in [3.8, 4) is 11.3 Å². The molecule has 2 aromatic heterocycles. The highest BCUT2D eigenvalue weighted by atomic mass is 32.1. The van der Waals surface area contributed by atoms with Crippen molar-refractivity contribution in [1.82, 2.24) is 14.7 Å². The summed E-state index contributed by atoms with van der Waals surface area (Å²) < 4.78 is 6.49. The monoisotopic (exact) mass is 357 g/mol. The third-order valence-corrected chi connectivity index (χ3v) is 4.67. The van der Waals surface area contributed by atoms with Crippen LogP contribution in [-0.4, -0.2) is 35.1 Å². The fourth-order valence-electron chi connectivity index (χ4n) is 2.57. The van der Waals surface area contributed by atoms with Gasteiger partial charge in [0.2, 0.25) is 0 Å². The summed E-state index contributed by atoms with van der Waals surface area (Å²) in [5.74, 6) is -0.447. The number of amides is 1. The van der Waals surface area contributed by atoms with Crippen molar-refractivity contribution < 1.29 is 9.53 Å². The van der Waals surface area contributed by atoms with Crippen LogP contribution in [0.5, 0.6) is 0 Å². The van der Waals surface area contributed by atoms with Crippen LogP contribution in [-0.2, 0) is 4.74 Å². The first-order chi connectivity index (χ1) is 12.0. The van der Waals surface area contributed by atoms with E-state index in [2.05, 4.69) is 10.3 Å². The molecule has 0 aliphatic heterocycles. The predicted octanol–water partition coefficient (Wildman–Crippen LogP) is 2.50. The predicted molar refractivity (Wildman–Crippen MR) is 98.3 cm³/mol. The number of carbonyl (C=O) groups is 1. The Kier molecular flexibility index (Phi) is 4.96. The van der Waals surface area contributed by atoms with E-state index in [9.17, 15) is 9.59 Å². The normalized spacial score (nSPS) is 12.3. The van der Waals surface area contributed by atoms with Crippen molar-refractivity contribution >= 4 is 22.2 Å². The molecule has 25 heavy (non-hydrogen) atoms. The van der Waals surface area contributed by atoms with E-state index in [0.717, 1.165) is 16.8 Å². The Labute approximate surface area is 149 Å². The average Bonchev–Trinajstić information content (AvgIpc) is 3.01. The van der Waals surface area contributed by atoms with Crippen molar-refractivity contribution in [1.29, 1.82) is 0 Å². The number of thiazole rings is 1. The van der Waals surface area contributed by atoms with Gasteiger partial charge < -0.3 is 10.1 Å². The lowest BCUT2D eigenvalue weighted by Gasteiger charge is -2.12. The second kappa shape index (κ2) is 7.16. The summed E-state index contributed by atoms with van der Waals surface area (Å²) >= 11 is 1.37. The van der Waals surface area contributed by atoms with Crippen molar-refractivity contribution in [2.24, 2.45) is 0 Å². The van der Waals surface area contributed by atoms with Gasteiger partial charge in [-0.25, -0.2) is 4.98 Å². The van der Waals surface area contributed by atoms with Crippen LogP contribution in [0.4, 0.5) is 0 Å². The summed E-state index contributed by atoms with van der Waals surface area (Å²) in [6.07, 6.45) is 1.34. The van der Waals surface area contributed by atoms with Crippen LogP contribution in [0.2, 0.25) is 0 Å². The van der Waals surface area contributed by atoms with E-state index in [0.29, 0.717) is 11.6 Å². The first-order valence-corrected chi connectivity index (χ1v) is 8.75. The summed E-state index contributed by atoms with van der Waals surface area (Å²) in [4.78, 5) is 30.1. The van der Waals surface area contributed by atoms with Gasteiger partial charge in [0.15, 0.2) is 4.96 Å². The average molecular weight is 357 g/mol. The topological polar surface area (TPSA) is 72.7 Å². The summed E-state index contributed by atoms with van der Waals surface area (Å²) in [6, 6.07) is 7.69. The number of benzene rings is 1. The van der Waals surface area contributed by atoms with E-state index in [1.54, 1.807) is 7.11 Å². The molecule has 3 rings (SSSR count). The molecule has 6 nitrogen and oxygen atoms in total. The minimum Gasteiger partial charge on any atom is -0.383 e. The maximum absolute atomic E-state index is 12.9. The van der Waals surface area contributed by atoms with Crippen LogP contribution in [0.1, 0.15) is 22.8 Å². The highest BCUT2D eigenvalue weighted by Crippen LogP contribution is 2.24. The number of aryl methyl sites for hydroxylation is 1. The maximum Gasteiger partial charge on any atom is 0.271 e. The van der Waals surface area contributed by atoms with Crippen LogP contribution < -0.4 is 10.9 Å². The van der Waals surface area contributed by atoms with Gasteiger partial charge in [-0.2, -0.15) is 0 Å². The number of ether oxygens (including phenoxy) is 1. The van der Waals surface area contributed by atoms with Gasteiger partial charge in [-0.05, 0) is 19.4 Å². The van der Waals surface area contributed by atoms with E-state index in [1.807, 2.05) is 43.5 Å². The van der Waals surface area contributed by atoms with Gasteiger partial charge in [0.25, 0.3) is 11.5 Å². The zero-order valence-corrected chi connectivity index (χ0v) is 15.1. The number of nitrogens with zero attached hydrogens (tertiary/aromatic N) is 2. The van der Waals surface area contributed by atoms with Crippen molar-refractivity contribution in [3.05, 3.63) is 57.3 Å². The summed E-state index contributed by atoms with van der Waals surface area (Å²) in [5.41, 5.74) is 2.43. The lowest BCUT2D eigenvalue weighted by Crippen LogP contribution is -2.39. The summed E-state index contributed by atoms with van der Waals surface area (Å²) in [6.45, 7) is 4.19. The molecular weight excluding hydrogens is 338 g/mol. The molecule has 0 aliphatic rings. The highest BCUT2D eigenvalue weighted by Gasteiger charge is 2.18. The molecular formula is C18H19N3O3S. The van der Waals surface area contributed by atoms with Crippen LogP contribution in [0.3, 0.4) is 0 Å². The Bertz CT molecular complexity index is 960. The number of hydrogen-bond donors (Lipinski definition) is 1. The molecule has 0 radical (unpaired) electrons. The van der Waals surface area contributed by atoms with Crippen molar-refractivity contribution in [3.63, 3.8) is 0 Å². The van der Waals surface area contributed by atoms with Crippen LogP contribution in [0.15, 0.2) is 40.6 Å². The Morgan fingerprint density at radius 1 is 1.36 bits per heavy atom. The smallest absolute Gasteiger partial charge is 0.271 e. The second-order valence-electron chi connectivity index (χ2n) is 5.91. The summed E-state index contributed by atoms with van der Waals surface area (Å²) in [5, 5.41) is 4.63. The van der Waals surface area contributed by atoms with E-state index in [4.69, 9.17) is 4.74 Å². The molecule has 0 bridgehead atoms. The van der Waals surface area contributed by atoms with Crippen molar-refractivity contribution in [2.45, 2.75) is 19.9 Å². The van der Waals surface area contributed by atoms with Gasteiger partial charge in [0.1, 0.15) is 5.56 Å². The Hall–Kier alpha value is -2.51. The minimum atomic E-state index is -0.447. The van der Waals surface area contributed by atoms with E-state index < -0.39 is 5.91 Å². The molecule has 1 aromatic carbocycles. The fraction of sp³-hybridized carbons (Fsp3) is 0.278. The molecule has 7 heteroatoms. The Morgan fingerprint density at radius 2 is 2.08 bits per heavy atom. The molecule has 0 spiro atoms. The SMILES string of the molecule is COCC(C)NC(=O)c1cnc2scc(-c3ccc(C)cc3)n2c1=O. The quantitative estimate of drug-likeness (QED) is 0.761. The van der Waals surface area contributed by atoms with Crippen molar-refractivity contribution in [2.75, 3.05) is 13.7 Å². The van der Waals surface area contributed by atoms with Gasteiger partial charge in [-0.1, -0.05) is 29.8 Å². The molecule has 2 heterocycles. The van der Waals surface area contributed by atoms with Gasteiger partial charge >= 0.3 is 0 Å². The van der Waals surface area contributed by atoms with Gasteiger partial charge in [0.05, 0.1) is 12.3 Å². The standard InChI is InChI=1S/C18H19N3O3S/c1-11-4-6-13(7-5-11)15-10-25-18-19-8-14(17(23)21(15)18)16(22)20-12(2)9-24-3/h4-8,10,12H,9H2,1-3H3,(H,20,22). The number of carbonyl (C=O) groups excluding carboxylic acids is 1. The molecule has 1 amide bonds. The molecule has 0 aliphatic carbocycles. The number of rotatable bonds is 5. The zero-order valence-electron chi connectivity index (χ0n) is 14.3.